The normalized spacial score (nSPS) is 15.6. The second kappa shape index (κ2) is 9.27. The van der Waals surface area contributed by atoms with Crippen LogP contribution in [0.15, 0.2) is 34.3 Å². The third-order valence-electron chi connectivity index (χ3n) is 5.02. The van der Waals surface area contributed by atoms with Crippen molar-refractivity contribution in [2.75, 3.05) is 25.2 Å². The Morgan fingerprint density at radius 3 is 2.45 bits per heavy atom. The van der Waals surface area contributed by atoms with Crippen LogP contribution in [0.1, 0.15) is 44.0 Å². The topological polar surface area (TPSA) is 97.2 Å². The van der Waals surface area contributed by atoms with Crippen LogP contribution in [0.2, 0.25) is 0 Å². The lowest BCUT2D eigenvalue weighted by molar-refractivity contribution is -0.113. The average Bonchev–Trinajstić information content (AvgIpc) is 3.08. The molecule has 8 nitrogen and oxygen atoms in total. The van der Waals surface area contributed by atoms with Gasteiger partial charge in [0.25, 0.3) is 0 Å². The van der Waals surface area contributed by atoms with E-state index >= 15 is 0 Å². The maximum atomic E-state index is 12.4. The average molecular weight is 438 g/mol. The predicted molar refractivity (Wildman–Crippen MR) is 114 cm³/mol. The van der Waals surface area contributed by atoms with Gasteiger partial charge in [-0.2, -0.15) is 0 Å². The first-order valence-electron chi connectivity index (χ1n) is 9.66. The van der Waals surface area contributed by atoms with E-state index in [0.29, 0.717) is 11.7 Å². The second-order valence-corrected chi connectivity index (χ2v) is 10.4. The Hall–Kier alpha value is -1.91. The van der Waals surface area contributed by atoms with Gasteiger partial charge in [-0.1, -0.05) is 31.0 Å². The molecule has 3 rings (SSSR count). The minimum Gasteiger partial charge on any atom is -0.325 e. The van der Waals surface area contributed by atoms with E-state index < -0.39 is 10.0 Å². The molecule has 0 atom stereocenters. The fraction of sp³-hybridized carbons (Fsp3) is 0.526. The molecule has 1 N–H and O–H groups in total. The highest BCUT2D eigenvalue weighted by molar-refractivity contribution is 7.99. The number of hydrogen-bond donors (Lipinski definition) is 1. The number of thioether (sulfide) groups is 1. The molecule has 2 aromatic rings. The Kier molecular flexibility index (Phi) is 6.97. The number of benzene rings is 1. The molecule has 1 aromatic heterocycles. The lowest BCUT2D eigenvalue weighted by atomic mass is 9.95. The molecule has 0 saturated heterocycles. The quantitative estimate of drug-likeness (QED) is 0.669. The minimum atomic E-state index is -3.48. The number of carbonyl (C=O) groups excluding carboxylic acids is 1. The third-order valence-corrected chi connectivity index (χ3v) is 7.80. The van der Waals surface area contributed by atoms with Gasteiger partial charge in [0.2, 0.25) is 15.9 Å². The van der Waals surface area contributed by atoms with E-state index in [0.717, 1.165) is 28.1 Å². The molecule has 158 valence electrons. The summed E-state index contributed by atoms with van der Waals surface area (Å²) in [7, 11) is -0.519. The van der Waals surface area contributed by atoms with Gasteiger partial charge in [-0.05, 0) is 44.0 Å². The molecule has 0 spiro atoms. The molecule has 1 aliphatic rings. The van der Waals surface area contributed by atoms with Crippen LogP contribution in [-0.4, -0.2) is 53.2 Å². The van der Waals surface area contributed by atoms with Crippen LogP contribution >= 0.6 is 11.8 Å². The van der Waals surface area contributed by atoms with Crippen molar-refractivity contribution in [3.8, 4) is 0 Å². The van der Waals surface area contributed by atoms with Gasteiger partial charge in [0.1, 0.15) is 5.82 Å². The monoisotopic (exact) mass is 437 g/mol. The second-order valence-electron chi connectivity index (χ2n) is 7.34. The summed E-state index contributed by atoms with van der Waals surface area (Å²) in [5, 5.41) is 12.0. The van der Waals surface area contributed by atoms with Crippen molar-refractivity contribution in [1.29, 1.82) is 0 Å². The first kappa shape index (κ1) is 21.8. The summed E-state index contributed by atoms with van der Waals surface area (Å²) in [6.45, 7) is 1.95. The van der Waals surface area contributed by atoms with Crippen molar-refractivity contribution < 1.29 is 13.2 Å². The van der Waals surface area contributed by atoms with Gasteiger partial charge in [0.05, 0.1) is 10.6 Å². The zero-order chi connectivity index (χ0) is 21.0. The van der Waals surface area contributed by atoms with Crippen LogP contribution in [0, 0.1) is 6.92 Å². The Labute approximate surface area is 176 Å². The Balaban J connectivity index is 1.60. The highest BCUT2D eigenvalue weighted by atomic mass is 32.2. The standard InChI is InChI=1S/C19H27N5O3S2/c1-14-21-22-19(24(14)16-7-5-4-6-8-16)28-13-18(25)20-15-9-11-17(12-10-15)29(26,27)23(2)3/h9-12,16H,4-8,13H2,1-3H3,(H,20,25). The molecule has 1 aliphatic carbocycles. The molecule has 0 bridgehead atoms. The summed E-state index contributed by atoms with van der Waals surface area (Å²) in [6, 6.07) is 6.57. The number of anilines is 1. The van der Waals surface area contributed by atoms with Gasteiger partial charge in [0, 0.05) is 25.8 Å². The number of nitrogens with one attached hydrogen (secondary N) is 1. The van der Waals surface area contributed by atoms with Crippen LogP contribution in [-0.2, 0) is 14.8 Å². The maximum Gasteiger partial charge on any atom is 0.242 e. The molecule has 0 aliphatic heterocycles. The van der Waals surface area contributed by atoms with Gasteiger partial charge in [0.15, 0.2) is 5.16 Å². The van der Waals surface area contributed by atoms with E-state index in [1.54, 1.807) is 12.1 Å². The fourth-order valence-corrected chi connectivity index (χ4v) is 5.21. The number of hydrogen-bond acceptors (Lipinski definition) is 6. The number of nitrogens with zero attached hydrogens (tertiary/aromatic N) is 4. The summed E-state index contributed by atoms with van der Waals surface area (Å²) in [6.07, 6.45) is 5.96. The Bertz CT molecular complexity index is 949. The number of aryl methyl sites for hydroxylation is 1. The number of amides is 1. The molecule has 1 aromatic carbocycles. The molecule has 1 heterocycles. The fourth-order valence-electron chi connectivity index (χ4n) is 3.46. The van der Waals surface area contributed by atoms with Crippen molar-refractivity contribution in [3.05, 3.63) is 30.1 Å². The number of aromatic nitrogens is 3. The van der Waals surface area contributed by atoms with E-state index in [1.807, 2.05) is 6.92 Å². The zero-order valence-electron chi connectivity index (χ0n) is 17.0. The lowest BCUT2D eigenvalue weighted by Crippen LogP contribution is -2.22. The number of rotatable bonds is 7. The van der Waals surface area contributed by atoms with Crippen LogP contribution in [0.3, 0.4) is 0 Å². The van der Waals surface area contributed by atoms with Crippen molar-refractivity contribution in [3.63, 3.8) is 0 Å². The van der Waals surface area contributed by atoms with E-state index in [-0.39, 0.29) is 16.6 Å². The zero-order valence-corrected chi connectivity index (χ0v) is 18.6. The molecule has 0 radical (unpaired) electrons. The first-order chi connectivity index (χ1) is 13.8. The van der Waals surface area contributed by atoms with Gasteiger partial charge in [-0.3, -0.25) is 4.79 Å². The highest BCUT2D eigenvalue weighted by Crippen LogP contribution is 2.32. The van der Waals surface area contributed by atoms with Crippen molar-refractivity contribution in [1.82, 2.24) is 19.1 Å². The molecule has 0 unspecified atom stereocenters. The van der Waals surface area contributed by atoms with Crippen LogP contribution in [0.5, 0.6) is 0 Å². The van der Waals surface area contributed by atoms with E-state index in [9.17, 15) is 13.2 Å². The van der Waals surface area contributed by atoms with Gasteiger partial charge >= 0.3 is 0 Å². The molecule has 1 amide bonds. The number of sulfonamides is 1. The van der Waals surface area contributed by atoms with Gasteiger partial charge in [-0.25, -0.2) is 12.7 Å². The van der Waals surface area contributed by atoms with Crippen LogP contribution < -0.4 is 5.32 Å². The summed E-state index contributed by atoms with van der Waals surface area (Å²) in [5.74, 6) is 0.925. The maximum absolute atomic E-state index is 12.4. The molecule has 1 fully saturated rings. The van der Waals surface area contributed by atoms with Crippen molar-refractivity contribution in [2.45, 2.75) is 55.1 Å². The summed E-state index contributed by atoms with van der Waals surface area (Å²) in [4.78, 5) is 12.5. The highest BCUT2D eigenvalue weighted by Gasteiger charge is 2.22. The van der Waals surface area contributed by atoms with Gasteiger partial charge in [-0.15, -0.1) is 10.2 Å². The molecular weight excluding hydrogens is 410 g/mol. The molecule has 1 saturated carbocycles. The van der Waals surface area contributed by atoms with E-state index in [4.69, 9.17) is 0 Å². The predicted octanol–water partition coefficient (Wildman–Crippen LogP) is 3.07. The summed E-state index contributed by atoms with van der Waals surface area (Å²) >= 11 is 1.37. The van der Waals surface area contributed by atoms with E-state index in [1.165, 1.54) is 57.3 Å². The summed E-state index contributed by atoms with van der Waals surface area (Å²) < 4.78 is 27.5. The van der Waals surface area contributed by atoms with Crippen molar-refractivity contribution >= 4 is 33.4 Å². The van der Waals surface area contributed by atoms with Crippen LogP contribution in [0.25, 0.3) is 0 Å². The first-order valence-corrected chi connectivity index (χ1v) is 12.1. The molecule has 29 heavy (non-hydrogen) atoms. The Morgan fingerprint density at radius 1 is 1.17 bits per heavy atom. The minimum absolute atomic E-state index is 0.172. The van der Waals surface area contributed by atoms with Crippen molar-refractivity contribution in [2.24, 2.45) is 0 Å². The van der Waals surface area contributed by atoms with Gasteiger partial charge < -0.3 is 9.88 Å². The smallest absolute Gasteiger partial charge is 0.242 e. The number of carbonyl (C=O) groups is 1. The largest absolute Gasteiger partial charge is 0.325 e. The molecule has 10 heteroatoms. The van der Waals surface area contributed by atoms with E-state index in [2.05, 4.69) is 20.1 Å². The lowest BCUT2D eigenvalue weighted by Gasteiger charge is -2.24. The third kappa shape index (κ3) is 5.18. The SMILES string of the molecule is Cc1nnc(SCC(=O)Nc2ccc(S(=O)(=O)N(C)C)cc2)n1C1CCCCC1. The summed E-state index contributed by atoms with van der Waals surface area (Å²) in [5.41, 5.74) is 0.554. The van der Waals surface area contributed by atoms with Crippen LogP contribution in [0.4, 0.5) is 5.69 Å². The Morgan fingerprint density at radius 2 is 1.83 bits per heavy atom. The molecular formula is C19H27N5O3S2.